The van der Waals surface area contributed by atoms with Crippen LogP contribution in [0.2, 0.25) is 5.02 Å². The minimum atomic E-state index is -0.958. The number of halogens is 1. The first-order valence-corrected chi connectivity index (χ1v) is 8.01. The predicted molar refractivity (Wildman–Crippen MR) is 84.6 cm³/mol. The smallest absolute Gasteiger partial charge is 0.117 e. The van der Waals surface area contributed by atoms with Crippen molar-refractivity contribution < 1.29 is 10.2 Å². The molecule has 2 bridgehead atoms. The van der Waals surface area contributed by atoms with Gasteiger partial charge in [-0.05, 0) is 74.9 Å². The largest absolute Gasteiger partial charge is 0.508 e. The van der Waals surface area contributed by atoms with Gasteiger partial charge in [-0.25, -0.2) is 0 Å². The van der Waals surface area contributed by atoms with Crippen LogP contribution in [0.5, 0.6) is 5.75 Å². The van der Waals surface area contributed by atoms with Gasteiger partial charge < -0.3 is 15.1 Å². The van der Waals surface area contributed by atoms with Gasteiger partial charge in [0.25, 0.3) is 0 Å². The molecule has 2 saturated carbocycles. The molecular formula is C17H24ClNO2. The normalized spacial score (nSPS) is 39.0. The van der Waals surface area contributed by atoms with Crippen LogP contribution in [-0.4, -0.2) is 35.3 Å². The highest BCUT2D eigenvalue weighted by molar-refractivity contribution is 6.30. The van der Waals surface area contributed by atoms with E-state index in [4.69, 9.17) is 11.6 Å². The van der Waals surface area contributed by atoms with E-state index in [0.29, 0.717) is 10.9 Å². The van der Waals surface area contributed by atoms with Crippen LogP contribution in [0.25, 0.3) is 0 Å². The number of aliphatic hydroxyl groups is 1. The summed E-state index contributed by atoms with van der Waals surface area (Å²) in [4.78, 5) is 2.14. The molecule has 4 atom stereocenters. The average molecular weight is 310 g/mol. The summed E-state index contributed by atoms with van der Waals surface area (Å²) in [7, 11) is 4.06. The average Bonchev–Trinajstić information content (AvgIpc) is 2.63. The molecule has 3 nitrogen and oxygen atoms in total. The molecule has 2 aliphatic carbocycles. The quantitative estimate of drug-likeness (QED) is 0.880. The number of fused-ring (bicyclic) bond motifs is 2. The molecule has 1 aromatic rings. The van der Waals surface area contributed by atoms with Gasteiger partial charge in [0, 0.05) is 11.1 Å². The highest BCUT2D eigenvalue weighted by Crippen LogP contribution is 2.59. The van der Waals surface area contributed by atoms with Gasteiger partial charge in [-0.15, -0.1) is 0 Å². The number of phenolic OH excluding ortho intramolecular Hbond substituents is 1. The molecule has 3 rings (SSSR count). The molecule has 0 radical (unpaired) electrons. The van der Waals surface area contributed by atoms with Crippen molar-refractivity contribution in [2.24, 2.45) is 11.3 Å². The summed E-state index contributed by atoms with van der Waals surface area (Å²) in [6.45, 7) is 2.28. The maximum Gasteiger partial charge on any atom is 0.117 e. The van der Waals surface area contributed by atoms with Gasteiger partial charge in [-0.3, -0.25) is 0 Å². The third kappa shape index (κ3) is 2.36. The van der Waals surface area contributed by atoms with Crippen LogP contribution < -0.4 is 0 Å². The first kappa shape index (κ1) is 15.1. The van der Waals surface area contributed by atoms with Crippen LogP contribution in [0, 0.1) is 11.3 Å². The molecule has 0 aliphatic heterocycles. The summed E-state index contributed by atoms with van der Waals surface area (Å²) < 4.78 is 0. The van der Waals surface area contributed by atoms with Crippen LogP contribution in [0.15, 0.2) is 18.2 Å². The van der Waals surface area contributed by atoms with E-state index in [2.05, 4.69) is 11.8 Å². The standard InChI is InChI=1S/C17H24ClNO2/c1-16-5-4-11(9-16)10-17(21,15(16)19(2)3)12-6-13(18)8-14(20)7-12/h6-8,11,15,20-21H,4-5,9-10H2,1-3H3. The number of hydrogen-bond donors (Lipinski definition) is 2. The fourth-order valence-corrected chi connectivity index (χ4v) is 5.33. The first-order valence-electron chi connectivity index (χ1n) is 7.63. The number of phenols is 1. The number of benzene rings is 1. The van der Waals surface area contributed by atoms with Gasteiger partial charge in [-0.1, -0.05) is 18.5 Å². The highest BCUT2D eigenvalue weighted by atomic mass is 35.5. The lowest BCUT2D eigenvalue weighted by atomic mass is 9.62. The first-order chi connectivity index (χ1) is 9.74. The van der Waals surface area contributed by atoms with E-state index in [9.17, 15) is 10.2 Å². The van der Waals surface area contributed by atoms with E-state index in [1.807, 2.05) is 14.1 Å². The second-order valence-corrected chi connectivity index (χ2v) is 7.89. The second kappa shape index (κ2) is 4.87. The molecule has 4 heteroatoms. The van der Waals surface area contributed by atoms with E-state index in [1.165, 1.54) is 18.9 Å². The maximum atomic E-state index is 11.6. The van der Waals surface area contributed by atoms with E-state index < -0.39 is 5.60 Å². The fourth-order valence-electron chi connectivity index (χ4n) is 5.10. The zero-order valence-electron chi connectivity index (χ0n) is 12.9. The molecule has 0 spiro atoms. The maximum absolute atomic E-state index is 11.6. The van der Waals surface area contributed by atoms with Crippen LogP contribution >= 0.6 is 11.6 Å². The lowest BCUT2D eigenvalue weighted by Gasteiger charge is -2.52. The third-order valence-electron chi connectivity index (χ3n) is 5.49. The molecule has 2 fully saturated rings. The number of hydrogen-bond acceptors (Lipinski definition) is 3. The summed E-state index contributed by atoms with van der Waals surface area (Å²) in [5, 5.41) is 21.9. The molecule has 21 heavy (non-hydrogen) atoms. The van der Waals surface area contributed by atoms with E-state index in [0.717, 1.165) is 18.4 Å². The Labute approximate surface area is 131 Å². The molecule has 2 aliphatic rings. The lowest BCUT2D eigenvalue weighted by Crippen LogP contribution is -2.58. The van der Waals surface area contributed by atoms with E-state index in [1.54, 1.807) is 12.1 Å². The van der Waals surface area contributed by atoms with Gasteiger partial charge in [0.2, 0.25) is 0 Å². The van der Waals surface area contributed by atoms with Crippen LogP contribution in [-0.2, 0) is 5.60 Å². The zero-order chi connectivity index (χ0) is 15.4. The number of likely N-dealkylation sites (N-methyl/N-ethyl adjacent to an activating group) is 1. The monoisotopic (exact) mass is 309 g/mol. The van der Waals surface area contributed by atoms with Crippen molar-refractivity contribution in [3.8, 4) is 5.75 Å². The minimum Gasteiger partial charge on any atom is -0.508 e. The summed E-state index contributed by atoms with van der Waals surface area (Å²) in [6, 6.07) is 5.00. The molecule has 2 N–H and O–H groups in total. The van der Waals surface area contributed by atoms with Crippen molar-refractivity contribution >= 4 is 11.6 Å². The van der Waals surface area contributed by atoms with Crippen molar-refractivity contribution in [1.29, 1.82) is 0 Å². The Hall–Kier alpha value is -0.770. The fraction of sp³-hybridized carbons (Fsp3) is 0.647. The van der Waals surface area contributed by atoms with Gasteiger partial charge in [0.05, 0.1) is 0 Å². The van der Waals surface area contributed by atoms with Crippen LogP contribution in [0.3, 0.4) is 0 Å². The Morgan fingerprint density at radius 3 is 2.57 bits per heavy atom. The molecule has 4 unspecified atom stereocenters. The molecule has 0 heterocycles. The van der Waals surface area contributed by atoms with Crippen LogP contribution in [0.1, 0.15) is 38.2 Å². The predicted octanol–water partition coefficient (Wildman–Crippen LogP) is 3.37. The van der Waals surface area contributed by atoms with Crippen molar-refractivity contribution in [2.45, 2.75) is 44.2 Å². The van der Waals surface area contributed by atoms with Crippen molar-refractivity contribution in [1.82, 2.24) is 4.90 Å². The van der Waals surface area contributed by atoms with Gasteiger partial charge in [-0.2, -0.15) is 0 Å². The number of aromatic hydroxyl groups is 1. The van der Waals surface area contributed by atoms with Crippen molar-refractivity contribution in [3.63, 3.8) is 0 Å². The third-order valence-corrected chi connectivity index (χ3v) is 5.71. The Bertz CT molecular complexity index is 541. The SMILES string of the molecule is CN(C)C1C2(C)CCC(C2)CC1(O)c1cc(O)cc(Cl)c1. The van der Waals surface area contributed by atoms with Crippen molar-refractivity contribution in [2.75, 3.05) is 14.1 Å². The highest BCUT2D eigenvalue weighted by Gasteiger charge is 2.58. The minimum absolute atomic E-state index is 0.0293. The van der Waals surface area contributed by atoms with Gasteiger partial charge in [0.1, 0.15) is 11.4 Å². The van der Waals surface area contributed by atoms with Crippen LogP contribution in [0.4, 0.5) is 0 Å². The molecular weight excluding hydrogens is 286 g/mol. The Balaban J connectivity index is 2.12. The molecule has 0 aromatic heterocycles. The molecule has 1 aromatic carbocycles. The zero-order valence-corrected chi connectivity index (χ0v) is 13.7. The molecule has 116 valence electrons. The lowest BCUT2D eigenvalue weighted by molar-refractivity contribution is -0.121. The van der Waals surface area contributed by atoms with E-state index >= 15 is 0 Å². The van der Waals surface area contributed by atoms with Crippen molar-refractivity contribution in [3.05, 3.63) is 28.8 Å². The Kier molecular flexibility index (Phi) is 3.51. The summed E-state index contributed by atoms with van der Waals surface area (Å²) >= 11 is 6.10. The summed E-state index contributed by atoms with van der Waals surface area (Å²) in [6.07, 6.45) is 4.24. The van der Waals surface area contributed by atoms with E-state index in [-0.39, 0.29) is 17.2 Å². The number of nitrogens with zero attached hydrogens (tertiary/aromatic N) is 1. The Morgan fingerprint density at radius 2 is 1.95 bits per heavy atom. The summed E-state index contributed by atoms with van der Waals surface area (Å²) in [5.74, 6) is 0.670. The second-order valence-electron chi connectivity index (χ2n) is 7.46. The van der Waals surface area contributed by atoms with Gasteiger partial charge >= 0.3 is 0 Å². The molecule has 0 saturated heterocycles. The topological polar surface area (TPSA) is 43.7 Å². The number of rotatable bonds is 2. The Morgan fingerprint density at radius 1 is 1.24 bits per heavy atom. The summed E-state index contributed by atoms with van der Waals surface area (Å²) in [5.41, 5.74) is -0.108. The van der Waals surface area contributed by atoms with Gasteiger partial charge in [0.15, 0.2) is 0 Å². The molecule has 0 amide bonds.